The van der Waals surface area contributed by atoms with Crippen LogP contribution in [0.3, 0.4) is 0 Å². The first-order chi connectivity index (χ1) is 10.6. The fourth-order valence-corrected chi connectivity index (χ4v) is 2.26. The summed E-state index contributed by atoms with van der Waals surface area (Å²) < 4.78 is 0.818. The van der Waals surface area contributed by atoms with Crippen molar-refractivity contribution in [1.29, 1.82) is 0 Å². The van der Waals surface area contributed by atoms with Crippen LogP contribution in [0.25, 0.3) is 0 Å². The van der Waals surface area contributed by atoms with Gasteiger partial charge in [0.2, 0.25) is 0 Å². The highest BCUT2D eigenvalue weighted by Crippen LogP contribution is 2.19. The number of aromatic amines is 1. The average Bonchev–Trinajstić information content (AvgIpc) is 3.18. The summed E-state index contributed by atoms with van der Waals surface area (Å²) in [6.45, 7) is 0. The van der Waals surface area contributed by atoms with Crippen LogP contribution in [0.15, 0.2) is 41.0 Å². The third-order valence-corrected chi connectivity index (χ3v) is 3.66. The zero-order chi connectivity index (χ0) is 15.5. The summed E-state index contributed by atoms with van der Waals surface area (Å²) in [7, 11) is 0. The quantitative estimate of drug-likeness (QED) is 0.672. The van der Waals surface area contributed by atoms with Gasteiger partial charge in [-0.3, -0.25) is 4.79 Å². The molecule has 7 heteroatoms. The number of benzene rings is 1. The molecule has 1 fully saturated rings. The van der Waals surface area contributed by atoms with Crippen LogP contribution in [0.4, 0.5) is 16.2 Å². The van der Waals surface area contributed by atoms with Gasteiger partial charge in [-0.15, -0.1) is 0 Å². The molecule has 22 heavy (non-hydrogen) atoms. The minimum atomic E-state index is -0.224. The number of urea groups is 1. The molecule has 0 radical (unpaired) electrons. The van der Waals surface area contributed by atoms with Crippen molar-refractivity contribution in [2.45, 2.75) is 18.9 Å². The van der Waals surface area contributed by atoms with Crippen LogP contribution in [-0.2, 0) is 0 Å². The van der Waals surface area contributed by atoms with E-state index in [0.29, 0.717) is 23.1 Å². The fourth-order valence-electron chi connectivity index (χ4n) is 1.91. The van der Waals surface area contributed by atoms with E-state index in [1.807, 2.05) is 0 Å². The largest absolute Gasteiger partial charge is 0.356 e. The number of amides is 3. The van der Waals surface area contributed by atoms with Crippen molar-refractivity contribution in [3.05, 3.63) is 46.7 Å². The normalized spacial score (nSPS) is 13.5. The van der Waals surface area contributed by atoms with E-state index in [2.05, 4.69) is 36.9 Å². The van der Waals surface area contributed by atoms with E-state index in [0.717, 1.165) is 17.3 Å². The van der Waals surface area contributed by atoms with E-state index >= 15 is 0 Å². The molecular formula is C15H15BrN4O2. The number of carbonyl (C=O) groups is 2. The monoisotopic (exact) mass is 362 g/mol. The van der Waals surface area contributed by atoms with Crippen molar-refractivity contribution in [2.24, 2.45) is 0 Å². The molecule has 1 saturated carbocycles. The second kappa shape index (κ2) is 6.23. The molecule has 1 aliphatic carbocycles. The summed E-state index contributed by atoms with van der Waals surface area (Å²) in [5.74, 6) is -0.224. The van der Waals surface area contributed by atoms with Gasteiger partial charge in [-0.2, -0.15) is 0 Å². The van der Waals surface area contributed by atoms with Crippen molar-refractivity contribution < 1.29 is 9.59 Å². The lowest BCUT2D eigenvalue weighted by Gasteiger charge is -2.08. The Labute approximate surface area is 135 Å². The van der Waals surface area contributed by atoms with E-state index in [-0.39, 0.29) is 11.9 Å². The summed E-state index contributed by atoms with van der Waals surface area (Å²) in [5, 5.41) is 8.37. The summed E-state index contributed by atoms with van der Waals surface area (Å²) >= 11 is 3.28. The van der Waals surface area contributed by atoms with Gasteiger partial charge in [-0.1, -0.05) is 0 Å². The molecule has 1 aromatic heterocycles. The number of hydrogen-bond acceptors (Lipinski definition) is 2. The summed E-state index contributed by atoms with van der Waals surface area (Å²) in [6, 6.07) is 8.78. The van der Waals surface area contributed by atoms with E-state index in [1.54, 1.807) is 36.5 Å². The summed E-state index contributed by atoms with van der Waals surface area (Å²) in [5.41, 5.74) is 1.81. The highest BCUT2D eigenvalue weighted by Gasteiger charge is 2.23. The van der Waals surface area contributed by atoms with Crippen LogP contribution < -0.4 is 16.0 Å². The van der Waals surface area contributed by atoms with Crippen LogP contribution in [0.5, 0.6) is 0 Å². The van der Waals surface area contributed by atoms with Gasteiger partial charge in [0, 0.05) is 28.1 Å². The molecule has 0 unspecified atom stereocenters. The van der Waals surface area contributed by atoms with Crippen molar-refractivity contribution in [1.82, 2.24) is 10.3 Å². The molecule has 2 aromatic rings. The van der Waals surface area contributed by atoms with Gasteiger partial charge in [-0.05, 0) is 59.1 Å². The summed E-state index contributed by atoms with van der Waals surface area (Å²) in [4.78, 5) is 26.5. The first-order valence-corrected chi connectivity index (χ1v) is 7.72. The maximum Gasteiger partial charge on any atom is 0.319 e. The molecular weight excluding hydrogens is 348 g/mol. The Bertz CT molecular complexity index is 692. The number of carbonyl (C=O) groups excluding carboxylic acids is 2. The predicted molar refractivity (Wildman–Crippen MR) is 88.1 cm³/mol. The molecule has 0 saturated heterocycles. The maximum atomic E-state index is 12.0. The Kier molecular flexibility index (Phi) is 4.15. The molecule has 0 atom stereocenters. The molecule has 1 aliphatic rings. The average molecular weight is 363 g/mol. The Hall–Kier alpha value is -2.28. The van der Waals surface area contributed by atoms with E-state index < -0.39 is 0 Å². The molecule has 3 rings (SSSR count). The number of nitrogens with one attached hydrogen (secondary N) is 4. The smallest absolute Gasteiger partial charge is 0.319 e. The molecule has 1 aromatic carbocycles. The van der Waals surface area contributed by atoms with Gasteiger partial charge in [-0.25, -0.2) is 4.79 Å². The SMILES string of the molecule is O=C(Nc1ccc(NC(=O)c2cc(Br)c[nH]2)cc1)NC1CC1. The molecule has 0 spiro atoms. The summed E-state index contributed by atoms with van der Waals surface area (Å²) in [6.07, 6.45) is 3.79. The van der Waals surface area contributed by atoms with Gasteiger partial charge in [0.1, 0.15) is 5.69 Å². The van der Waals surface area contributed by atoms with Crippen LogP contribution in [0.2, 0.25) is 0 Å². The number of anilines is 2. The third-order valence-electron chi connectivity index (χ3n) is 3.21. The van der Waals surface area contributed by atoms with Crippen molar-refractivity contribution in [3.8, 4) is 0 Å². The first kappa shape index (κ1) is 14.6. The number of hydrogen-bond donors (Lipinski definition) is 4. The van der Waals surface area contributed by atoms with Crippen molar-refractivity contribution in [3.63, 3.8) is 0 Å². The lowest BCUT2D eigenvalue weighted by Crippen LogP contribution is -2.30. The highest BCUT2D eigenvalue weighted by molar-refractivity contribution is 9.10. The second-order valence-corrected chi connectivity index (χ2v) is 6.05. The van der Waals surface area contributed by atoms with Crippen LogP contribution in [-0.4, -0.2) is 23.0 Å². The lowest BCUT2D eigenvalue weighted by molar-refractivity contribution is 0.102. The van der Waals surface area contributed by atoms with E-state index in [9.17, 15) is 9.59 Å². The molecule has 6 nitrogen and oxygen atoms in total. The Morgan fingerprint density at radius 3 is 2.27 bits per heavy atom. The minimum Gasteiger partial charge on any atom is -0.356 e. The minimum absolute atomic E-state index is 0.199. The molecule has 3 amide bonds. The number of aromatic nitrogens is 1. The first-order valence-electron chi connectivity index (χ1n) is 6.93. The standard InChI is InChI=1S/C15H15BrN4O2/c16-9-7-13(17-8-9)14(21)18-10-1-3-11(4-2-10)19-15(22)20-12-5-6-12/h1-4,7-8,12,17H,5-6H2,(H,18,21)(H2,19,20,22). The van der Waals surface area contributed by atoms with E-state index in [4.69, 9.17) is 0 Å². The zero-order valence-corrected chi connectivity index (χ0v) is 13.2. The number of halogens is 1. The Morgan fingerprint density at radius 1 is 1.09 bits per heavy atom. The van der Waals surface area contributed by atoms with Gasteiger partial charge >= 0.3 is 6.03 Å². The van der Waals surface area contributed by atoms with Crippen molar-refractivity contribution >= 4 is 39.2 Å². The molecule has 0 bridgehead atoms. The van der Waals surface area contributed by atoms with E-state index in [1.165, 1.54) is 0 Å². The van der Waals surface area contributed by atoms with Crippen LogP contribution in [0.1, 0.15) is 23.3 Å². The third kappa shape index (κ3) is 3.88. The lowest BCUT2D eigenvalue weighted by atomic mass is 10.2. The van der Waals surface area contributed by atoms with Crippen molar-refractivity contribution in [2.75, 3.05) is 10.6 Å². The van der Waals surface area contributed by atoms with Crippen LogP contribution in [0, 0.1) is 0 Å². The predicted octanol–water partition coefficient (Wildman–Crippen LogP) is 3.31. The topological polar surface area (TPSA) is 86.0 Å². The number of H-pyrrole nitrogens is 1. The number of rotatable bonds is 4. The Balaban J connectivity index is 1.56. The maximum absolute atomic E-state index is 12.0. The zero-order valence-electron chi connectivity index (χ0n) is 11.7. The molecule has 1 heterocycles. The molecule has 4 N–H and O–H groups in total. The highest BCUT2D eigenvalue weighted by atomic mass is 79.9. The second-order valence-electron chi connectivity index (χ2n) is 5.14. The van der Waals surface area contributed by atoms with Gasteiger partial charge in [0.25, 0.3) is 5.91 Å². The van der Waals surface area contributed by atoms with Gasteiger partial charge in [0.15, 0.2) is 0 Å². The van der Waals surface area contributed by atoms with Crippen LogP contribution >= 0.6 is 15.9 Å². The van der Waals surface area contributed by atoms with Gasteiger partial charge < -0.3 is 20.9 Å². The fraction of sp³-hybridized carbons (Fsp3) is 0.200. The Morgan fingerprint density at radius 2 is 1.73 bits per heavy atom. The molecule has 0 aliphatic heterocycles. The van der Waals surface area contributed by atoms with Gasteiger partial charge in [0.05, 0.1) is 0 Å². The molecule has 114 valence electrons.